The molecular weight excluding hydrogens is 254 g/mol. The molecule has 20 heavy (non-hydrogen) atoms. The van der Waals surface area contributed by atoms with Crippen molar-refractivity contribution in [2.45, 2.75) is 25.8 Å². The number of hydrogen-bond donors (Lipinski definition) is 1. The minimum Gasteiger partial charge on any atom is -0.396 e. The van der Waals surface area contributed by atoms with Crippen molar-refractivity contribution in [1.82, 2.24) is 14.8 Å². The molecule has 1 fully saturated rings. The molecule has 110 valence electrons. The molecule has 0 radical (unpaired) electrons. The smallest absolute Gasteiger partial charge is 0.222 e. The van der Waals surface area contributed by atoms with Crippen molar-refractivity contribution >= 4 is 5.91 Å². The summed E-state index contributed by atoms with van der Waals surface area (Å²) >= 11 is 0. The van der Waals surface area contributed by atoms with Crippen LogP contribution in [0.3, 0.4) is 0 Å². The Morgan fingerprint density at radius 3 is 2.55 bits per heavy atom. The van der Waals surface area contributed by atoms with E-state index in [1.54, 1.807) is 0 Å². The highest BCUT2D eigenvalue weighted by molar-refractivity contribution is 5.76. The molecule has 1 aliphatic rings. The van der Waals surface area contributed by atoms with Gasteiger partial charge in [-0.3, -0.25) is 14.7 Å². The lowest BCUT2D eigenvalue weighted by Crippen LogP contribution is -2.49. The van der Waals surface area contributed by atoms with E-state index >= 15 is 0 Å². The molecule has 0 aromatic carbocycles. The van der Waals surface area contributed by atoms with Crippen molar-refractivity contribution in [3.05, 3.63) is 30.1 Å². The number of carbonyl (C=O) groups is 1. The summed E-state index contributed by atoms with van der Waals surface area (Å²) < 4.78 is 0. The largest absolute Gasteiger partial charge is 0.396 e. The molecule has 0 aliphatic carbocycles. The maximum absolute atomic E-state index is 11.9. The van der Waals surface area contributed by atoms with E-state index in [1.165, 1.54) is 5.56 Å². The maximum Gasteiger partial charge on any atom is 0.222 e. The number of aliphatic hydroxyl groups is 1. The topological polar surface area (TPSA) is 56.7 Å². The Hall–Kier alpha value is -1.46. The van der Waals surface area contributed by atoms with Crippen molar-refractivity contribution in [2.75, 3.05) is 32.8 Å². The van der Waals surface area contributed by atoms with Crippen LogP contribution < -0.4 is 0 Å². The van der Waals surface area contributed by atoms with Gasteiger partial charge in [-0.2, -0.15) is 0 Å². The van der Waals surface area contributed by atoms with Gasteiger partial charge in [-0.05, 0) is 31.0 Å². The molecule has 1 unspecified atom stereocenters. The summed E-state index contributed by atoms with van der Waals surface area (Å²) in [6, 6.07) is 4.44. The predicted molar refractivity (Wildman–Crippen MR) is 77.1 cm³/mol. The quantitative estimate of drug-likeness (QED) is 0.874. The molecule has 5 heteroatoms. The highest BCUT2D eigenvalue weighted by Crippen LogP contribution is 2.21. The van der Waals surface area contributed by atoms with Gasteiger partial charge in [0, 0.05) is 57.6 Å². The standard InChI is InChI=1S/C15H23N3O2/c1-13(14-4-6-16-7-5-14)17-8-10-18(11-9-17)15(20)3-2-12-19/h4-7,13,19H,2-3,8-12H2,1H3. The van der Waals surface area contributed by atoms with Crippen LogP contribution in [0.4, 0.5) is 0 Å². The van der Waals surface area contributed by atoms with Crippen LogP contribution in [0.2, 0.25) is 0 Å². The van der Waals surface area contributed by atoms with E-state index in [4.69, 9.17) is 5.11 Å². The molecule has 2 rings (SSSR count). The van der Waals surface area contributed by atoms with Crippen LogP contribution in [0.15, 0.2) is 24.5 Å². The average molecular weight is 277 g/mol. The lowest BCUT2D eigenvalue weighted by molar-refractivity contribution is -0.133. The number of pyridine rings is 1. The van der Waals surface area contributed by atoms with E-state index in [1.807, 2.05) is 29.4 Å². The third-order valence-corrected chi connectivity index (χ3v) is 3.95. The van der Waals surface area contributed by atoms with Crippen molar-refractivity contribution in [2.24, 2.45) is 0 Å². The molecule has 2 heterocycles. The lowest BCUT2D eigenvalue weighted by Gasteiger charge is -2.38. The molecule has 0 spiro atoms. The van der Waals surface area contributed by atoms with Crippen LogP contribution in [0.25, 0.3) is 0 Å². The lowest BCUT2D eigenvalue weighted by atomic mass is 10.1. The van der Waals surface area contributed by atoms with Gasteiger partial charge < -0.3 is 10.0 Å². The summed E-state index contributed by atoms with van der Waals surface area (Å²) in [5.74, 6) is 0.162. The molecule has 1 aromatic heterocycles. The fourth-order valence-corrected chi connectivity index (χ4v) is 2.60. The Bertz CT molecular complexity index is 416. The van der Waals surface area contributed by atoms with E-state index in [-0.39, 0.29) is 12.5 Å². The van der Waals surface area contributed by atoms with E-state index < -0.39 is 0 Å². The molecule has 1 amide bonds. The molecule has 0 bridgehead atoms. The van der Waals surface area contributed by atoms with Crippen molar-refractivity contribution < 1.29 is 9.90 Å². The first kappa shape index (κ1) is 14.9. The number of piperazine rings is 1. The molecule has 1 N–H and O–H groups in total. The average Bonchev–Trinajstić information content (AvgIpc) is 2.53. The van der Waals surface area contributed by atoms with Crippen LogP contribution in [0.1, 0.15) is 31.4 Å². The zero-order chi connectivity index (χ0) is 14.4. The summed E-state index contributed by atoms with van der Waals surface area (Å²) in [7, 11) is 0. The van der Waals surface area contributed by atoms with Crippen molar-refractivity contribution in [3.8, 4) is 0 Å². The number of hydrogen-bond acceptors (Lipinski definition) is 4. The van der Waals surface area contributed by atoms with Gasteiger partial charge in [-0.25, -0.2) is 0 Å². The van der Waals surface area contributed by atoms with E-state index in [9.17, 15) is 4.79 Å². The minimum absolute atomic E-state index is 0.0881. The molecule has 1 aromatic rings. The number of carbonyl (C=O) groups excluding carboxylic acids is 1. The first-order valence-corrected chi connectivity index (χ1v) is 7.25. The molecule has 0 saturated carbocycles. The van der Waals surface area contributed by atoms with Crippen molar-refractivity contribution in [1.29, 1.82) is 0 Å². The Morgan fingerprint density at radius 1 is 1.30 bits per heavy atom. The van der Waals surface area contributed by atoms with Crippen molar-refractivity contribution in [3.63, 3.8) is 0 Å². The van der Waals surface area contributed by atoms with Crippen LogP contribution in [0.5, 0.6) is 0 Å². The number of nitrogens with zero attached hydrogens (tertiary/aromatic N) is 3. The summed E-state index contributed by atoms with van der Waals surface area (Å²) in [4.78, 5) is 20.2. The number of aliphatic hydroxyl groups excluding tert-OH is 1. The predicted octanol–water partition coefficient (Wildman–Crippen LogP) is 1.06. The number of aromatic nitrogens is 1. The Morgan fingerprint density at radius 2 is 1.95 bits per heavy atom. The zero-order valence-electron chi connectivity index (χ0n) is 12.0. The van der Waals surface area contributed by atoms with Gasteiger partial charge in [0.15, 0.2) is 0 Å². The summed E-state index contributed by atoms with van der Waals surface area (Å²) in [6.07, 6.45) is 4.66. The first-order chi connectivity index (χ1) is 9.72. The van der Waals surface area contributed by atoms with Crippen LogP contribution in [-0.2, 0) is 4.79 Å². The Kier molecular flexibility index (Phi) is 5.49. The van der Waals surface area contributed by atoms with E-state index in [0.717, 1.165) is 26.2 Å². The van der Waals surface area contributed by atoms with Gasteiger partial charge in [0.1, 0.15) is 0 Å². The van der Waals surface area contributed by atoms with Crippen LogP contribution in [0, 0.1) is 0 Å². The van der Waals surface area contributed by atoms with Crippen LogP contribution in [-0.4, -0.2) is 58.6 Å². The van der Waals surface area contributed by atoms with Gasteiger partial charge in [0.25, 0.3) is 0 Å². The fourth-order valence-electron chi connectivity index (χ4n) is 2.60. The van der Waals surface area contributed by atoms with Gasteiger partial charge >= 0.3 is 0 Å². The van der Waals surface area contributed by atoms with Gasteiger partial charge in [-0.15, -0.1) is 0 Å². The summed E-state index contributed by atoms with van der Waals surface area (Å²) in [5, 5.41) is 8.77. The SMILES string of the molecule is CC(c1ccncc1)N1CCN(C(=O)CCCO)CC1. The second kappa shape index (κ2) is 7.36. The third-order valence-electron chi connectivity index (χ3n) is 3.95. The van der Waals surface area contributed by atoms with Gasteiger partial charge in [0.05, 0.1) is 0 Å². The third kappa shape index (κ3) is 3.77. The highest BCUT2D eigenvalue weighted by atomic mass is 16.3. The second-order valence-corrected chi connectivity index (χ2v) is 5.20. The Labute approximate surface area is 120 Å². The number of rotatable bonds is 5. The van der Waals surface area contributed by atoms with Gasteiger partial charge in [-0.1, -0.05) is 0 Å². The Balaban J connectivity index is 1.83. The fraction of sp³-hybridized carbons (Fsp3) is 0.600. The normalized spacial score (nSPS) is 18.0. The molecule has 1 atom stereocenters. The van der Waals surface area contributed by atoms with E-state index in [0.29, 0.717) is 18.9 Å². The van der Waals surface area contributed by atoms with E-state index in [2.05, 4.69) is 16.8 Å². The molecular formula is C15H23N3O2. The van der Waals surface area contributed by atoms with Gasteiger partial charge in [0.2, 0.25) is 5.91 Å². The second-order valence-electron chi connectivity index (χ2n) is 5.20. The first-order valence-electron chi connectivity index (χ1n) is 7.25. The zero-order valence-corrected chi connectivity index (χ0v) is 12.0. The summed E-state index contributed by atoms with van der Waals surface area (Å²) in [5.41, 5.74) is 1.26. The molecule has 5 nitrogen and oxygen atoms in total. The van der Waals surface area contributed by atoms with Crippen LogP contribution >= 0.6 is 0 Å². The molecule has 1 saturated heterocycles. The monoisotopic (exact) mass is 277 g/mol. The summed E-state index contributed by atoms with van der Waals surface area (Å²) in [6.45, 7) is 5.63. The number of amides is 1. The maximum atomic E-state index is 11.9. The molecule has 1 aliphatic heterocycles. The minimum atomic E-state index is 0.0881. The highest BCUT2D eigenvalue weighted by Gasteiger charge is 2.24.